The Morgan fingerprint density at radius 2 is 1.88 bits per heavy atom. The van der Waals surface area contributed by atoms with Crippen LogP contribution in [-0.4, -0.2) is 10.4 Å². The summed E-state index contributed by atoms with van der Waals surface area (Å²) < 4.78 is 40.1. The molecule has 0 N–H and O–H groups in total. The predicted octanol–water partition coefficient (Wildman–Crippen LogP) is 4.30. The van der Waals surface area contributed by atoms with Gasteiger partial charge in [0.1, 0.15) is 0 Å². The normalized spacial score (nSPS) is 11.8. The zero-order valence-electron chi connectivity index (χ0n) is 13.6. The van der Waals surface area contributed by atoms with Crippen molar-refractivity contribution >= 4 is 5.78 Å². The number of halogens is 3. The minimum atomic E-state index is -4.49. The molecule has 1 heterocycles. The number of carbonyl (C=O) groups is 1. The van der Waals surface area contributed by atoms with Crippen molar-refractivity contribution in [1.82, 2.24) is 4.57 Å². The molecule has 0 amide bonds. The molecular formula is C18H18F3NO2. The van der Waals surface area contributed by atoms with Crippen molar-refractivity contribution in [2.45, 2.75) is 26.4 Å². The minimum Gasteiger partial charge on any atom is -0.356 e. The van der Waals surface area contributed by atoms with Crippen LogP contribution in [0.5, 0.6) is 0 Å². The molecule has 0 aliphatic rings. The van der Waals surface area contributed by atoms with Crippen LogP contribution in [0.2, 0.25) is 0 Å². The Balaban J connectivity index is 2.58. The van der Waals surface area contributed by atoms with Crippen LogP contribution in [0, 0.1) is 5.92 Å². The molecule has 1 aromatic heterocycles. The van der Waals surface area contributed by atoms with Gasteiger partial charge in [-0.05, 0) is 23.6 Å². The van der Waals surface area contributed by atoms with Crippen LogP contribution in [0.15, 0.2) is 41.5 Å². The molecule has 128 valence electrons. The number of rotatable bonds is 4. The van der Waals surface area contributed by atoms with E-state index < -0.39 is 17.2 Å². The predicted molar refractivity (Wildman–Crippen MR) is 85.9 cm³/mol. The first-order valence-electron chi connectivity index (χ1n) is 7.50. The van der Waals surface area contributed by atoms with Gasteiger partial charge in [-0.2, -0.15) is 13.2 Å². The lowest BCUT2D eigenvalue weighted by molar-refractivity contribution is -0.137. The second-order valence-corrected chi connectivity index (χ2v) is 6.18. The van der Waals surface area contributed by atoms with E-state index in [1.807, 2.05) is 13.8 Å². The lowest BCUT2D eigenvalue weighted by Gasteiger charge is -2.11. The van der Waals surface area contributed by atoms with Gasteiger partial charge in [-0.1, -0.05) is 26.0 Å². The van der Waals surface area contributed by atoms with Crippen molar-refractivity contribution in [3.05, 3.63) is 58.0 Å². The first-order chi connectivity index (χ1) is 11.1. The number of Topliss-reactive ketones (excluding diaryl/α,β-unsaturated/α-hetero) is 1. The van der Waals surface area contributed by atoms with Gasteiger partial charge in [-0.25, -0.2) is 0 Å². The molecule has 0 radical (unpaired) electrons. The molecule has 2 rings (SSSR count). The SMILES string of the molecule is CC(C)CC(=O)c1cn(C)cc(-c2cccc(C(F)(F)F)c2)c1=O. The molecule has 0 saturated carbocycles. The van der Waals surface area contributed by atoms with E-state index in [4.69, 9.17) is 0 Å². The Hall–Kier alpha value is -2.37. The quantitative estimate of drug-likeness (QED) is 0.780. The number of hydrogen-bond donors (Lipinski definition) is 0. The van der Waals surface area contributed by atoms with Gasteiger partial charge in [0.25, 0.3) is 0 Å². The fraction of sp³-hybridized carbons (Fsp3) is 0.333. The Bertz CT molecular complexity index is 820. The van der Waals surface area contributed by atoms with E-state index >= 15 is 0 Å². The molecule has 3 nitrogen and oxygen atoms in total. The van der Waals surface area contributed by atoms with Crippen LogP contribution in [0.4, 0.5) is 13.2 Å². The molecule has 0 aliphatic heterocycles. The summed E-state index contributed by atoms with van der Waals surface area (Å²) in [7, 11) is 1.63. The fourth-order valence-corrected chi connectivity index (χ4v) is 2.45. The number of ketones is 1. The van der Waals surface area contributed by atoms with Gasteiger partial charge in [-0.3, -0.25) is 9.59 Å². The summed E-state index contributed by atoms with van der Waals surface area (Å²) in [5, 5.41) is 0. The summed E-state index contributed by atoms with van der Waals surface area (Å²) in [6, 6.07) is 4.55. The van der Waals surface area contributed by atoms with Crippen LogP contribution < -0.4 is 5.43 Å². The van der Waals surface area contributed by atoms with Crippen LogP contribution in [0.1, 0.15) is 36.2 Å². The number of aromatic nitrogens is 1. The molecule has 0 saturated heterocycles. The standard InChI is InChI=1S/C18H18F3NO2/c1-11(2)7-16(23)15-10-22(3)9-14(17(15)24)12-5-4-6-13(8-12)18(19,20)21/h4-6,8-11H,7H2,1-3H3. The van der Waals surface area contributed by atoms with E-state index in [1.165, 1.54) is 29.1 Å². The molecule has 0 aliphatic carbocycles. The van der Waals surface area contributed by atoms with E-state index in [0.717, 1.165) is 12.1 Å². The number of nitrogens with zero attached hydrogens (tertiary/aromatic N) is 1. The number of carbonyl (C=O) groups excluding carboxylic acids is 1. The molecule has 2 aromatic rings. The largest absolute Gasteiger partial charge is 0.416 e. The van der Waals surface area contributed by atoms with Crippen molar-refractivity contribution in [2.24, 2.45) is 13.0 Å². The van der Waals surface area contributed by atoms with Gasteiger partial charge in [-0.15, -0.1) is 0 Å². The van der Waals surface area contributed by atoms with E-state index in [0.29, 0.717) is 0 Å². The third kappa shape index (κ3) is 3.93. The third-order valence-electron chi connectivity index (χ3n) is 3.55. The first-order valence-corrected chi connectivity index (χ1v) is 7.50. The highest BCUT2D eigenvalue weighted by molar-refractivity contribution is 5.96. The number of benzene rings is 1. The Morgan fingerprint density at radius 3 is 2.46 bits per heavy atom. The lowest BCUT2D eigenvalue weighted by atomic mass is 9.98. The molecule has 6 heteroatoms. The van der Waals surface area contributed by atoms with Crippen molar-refractivity contribution < 1.29 is 18.0 Å². The van der Waals surface area contributed by atoms with E-state index in [-0.39, 0.29) is 34.8 Å². The average molecular weight is 337 g/mol. The molecule has 1 aromatic carbocycles. The van der Waals surface area contributed by atoms with Gasteiger partial charge in [0.15, 0.2) is 11.2 Å². The number of hydrogen-bond acceptors (Lipinski definition) is 2. The molecular weight excluding hydrogens is 319 g/mol. The van der Waals surface area contributed by atoms with Gasteiger partial charge >= 0.3 is 6.18 Å². The summed E-state index contributed by atoms with van der Waals surface area (Å²) in [4.78, 5) is 24.8. The second-order valence-electron chi connectivity index (χ2n) is 6.18. The average Bonchev–Trinajstić information content (AvgIpc) is 2.47. The highest BCUT2D eigenvalue weighted by Gasteiger charge is 2.30. The summed E-state index contributed by atoms with van der Waals surface area (Å²) in [6.07, 6.45) is -1.43. The van der Waals surface area contributed by atoms with Crippen LogP contribution in [0.25, 0.3) is 11.1 Å². The molecule has 0 unspecified atom stereocenters. The summed E-state index contributed by atoms with van der Waals surface area (Å²) in [5.74, 6) is -0.223. The van der Waals surface area contributed by atoms with E-state index in [9.17, 15) is 22.8 Å². The van der Waals surface area contributed by atoms with Crippen molar-refractivity contribution in [2.75, 3.05) is 0 Å². The van der Waals surface area contributed by atoms with E-state index in [1.54, 1.807) is 7.05 Å². The Labute approximate surface area is 137 Å². The highest BCUT2D eigenvalue weighted by Crippen LogP contribution is 2.31. The van der Waals surface area contributed by atoms with Crippen molar-refractivity contribution in [1.29, 1.82) is 0 Å². The van der Waals surface area contributed by atoms with Gasteiger partial charge in [0.05, 0.1) is 11.1 Å². The van der Waals surface area contributed by atoms with Gasteiger partial charge in [0, 0.05) is 31.4 Å². The Morgan fingerprint density at radius 1 is 1.21 bits per heavy atom. The highest BCUT2D eigenvalue weighted by atomic mass is 19.4. The fourth-order valence-electron chi connectivity index (χ4n) is 2.45. The molecule has 0 spiro atoms. The molecule has 0 fully saturated rings. The maximum atomic E-state index is 12.9. The zero-order valence-corrected chi connectivity index (χ0v) is 13.6. The zero-order chi connectivity index (χ0) is 18.1. The molecule has 0 atom stereocenters. The van der Waals surface area contributed by atoms with Crippen LogP contribution >= 0.6 is 0 Å². The van der Waals surface area contributed by atoms with Gasteiger partial charge < -0.3 is 4.57 Å². The third-order valence-corrected chi connectivity index (χ3v) is 3.55. The summed E-state index contributed by atoms with van der Waals surface area (Å²) in [6.45, 7) is 3.72. The Kier molecular flexibility index (Phi) is 4.96. The topological polar surface area (TPSA) is 39.1 Å². The summed E-state index contributed by atoms with van der Waals surface area (Å²) in [5.41, 5.74) is -1.15. The van der Waals surface area contributed by atoms with Crippen LogP contribution in [-0.2, 0) is 13.2 Å². The smallest absolute Gasteiger partial charge is 0.356 e. The molecule has 0 bridgehead atoms. The van der Waals surface area contributed by atoms with Gasteiger partial charge in [0.2, 0.25) is 0 Å². The second kappa shape index (κ2) is 6.63. The van der Waals surface area contributed by atoms with Crippen LogP contribution in [0.3, 0.4) is 0 Å². The monoisotopic (exact) mass is 337 g/mol. The maximum Gasteiger partial charge on any atom is 0.416 e. The number of alkyl halides is 3. The molecule has 24 heavy (non-hydrogen) atoms. The minimum absolute atomic E-state index is 0.00103. The summed E-state index contributed by atoms with van der Waals surface area (Å²) >= 11 is 0. The van der Waals surface area contributed by atoms with E-state index in [2.05, 4.69) is 0 Å². The lowest BCUT2D eigenvalue weighted by Crippen LogP contribution is -2.20. The maximum absolute atomic E-state index is 12.9. The first kappa shape index (κ1) is 18.0. The number of pyridine rings is 1. The van der Waals surface area contributed by atoms with Crippen molar-refractivity contribution in [3.8, 4) is 11.1 Å². The number of aryl methyl sites for hydroxylation is 1. The van der Waals surface area contributed by atoms with Crippen molar-refractivity contribution in [3.63, 3.8) is 0 Å².